The smallest absolute Gasteiger partial charge is 0.319 e. The molecular weight excluding hydrogens is 372 g/mol. The predicted octanol–water partition coefficient (Wildman–Crippen LogP) is 3.31. The number of anilines is 1. The van der Waals surface area contributed by atoms with E-state index in [0.717, 1.165) is 34.4 Å². The number of nitrogens with zero attached hydrogens (tertiary/aromatic N) is 3. The van der Waals surface area contributed by atoms with Gasteiger partial charge in [0.2, 0.25) is 0 Å². The minimum absolute atomic E-state index is 0.193. The number of nitrogens with one attached hydrogen (secondary N) is 3. The van der Waals surface area contributed by atoms with Crippen LogP contribution >= 0.6 is 11.3 Å². The van der Waals surface area contributed by atoms with Gasteiger partial charge in [-0.15, -0.1) is 10.2 Å². The van der Waals surface area contributed by atoms with Crippen molar-refractivity contribution in [3.05, 3.63) is 29.3 Å². The van der Waals surface area contributed by atoms with Gasteiger partial charge in [-0.1, -0.05) is 30.6 Å². The van der Waals surface area contributed by atoms with Crippen molar-refractivity contribution >= 4 is 23.1 Å². The fourth-order valence-electron chi connectivity index (χ4n) is 3.24. The minimum Gasteiger partial charge on any atom is -0.337 e. The Morgan fingerprint density at radius 1 is 1.14 bits per heavy atom. The quantitative estimate of drug-likeness (QED) is 0.631. The van der Waals surface area contributed by atoms with Crippen molar-refractivity contribution in [1.29, 1.82) is 0 Å². The van der Waals surface area contributed by atoms with Crippen LogP contribution in [-0.2, 0) is 6.54 Å². The fraction of sp³-hybridized carbons (Fsp3) is 0.550. The third-order valence-corrected chi connectivity index (χ3v) is 5.82. The van der Waals surface area contributed by atoms with Gasteiger partial charge >= 0.3 is 6.03 Å². The Morgan fingerprint density at radius 2 is 1.89 bits per heavy atom. The van der Waals surface area contributed by atoms with Crippen LogP contribution in [0.4, 0.5) is 10.5 Å². The number of hydrogen-bond donors (Lipinski definition) is 3. The molecule has 8 heteroatoms. The lowest BCUT2D eigenvalue weighted by atomic mass is 9.96. The second-order valence-corrected chi connectivity index (χ2v) is 8.54. The summed E-state index contributed by atoms with van der Waals surface area (Å²) in [6.07, 6.45) is 6.55. The fourth-order valence-corrected chi connectivity index (χ4v) is 4.04. The molecule has 2 amide bonds. The van der Waals surface area contributed by atoms with E-state index in [1.54, 1.807) is 11.3 Å². The van der Waals surface area contributed by atoms with E-state index in [2.05, 4.69) is 26.1 Å². The van der Waals surface area contributed by atoms with Crippen LogP contribution < -0.4 is 16.0 Å². The SMILES string of the molecule is CN(C)CCNC(=O)Nc1ccc(-c2nnc(CNC3CCCCC3)s2)cc1. The maximum absolute atomic E-state index is 11.9. The molecule has 0 bridgehead atoms. The molecule has 0 radical (unpaired) electrons. The van der Waals surface area contributed by atoms with Gasteiger partial charge in [-0.05, 0) is 51.2 Å². The summed E-state index contributed by atoms with van der Waals surface area (Å²) in [7, 11) is 3.95. The van der Waals surface area contributed by atoms with E-state index < -0.39 is 0 Å². The summed E-state index contributed by atoms with van der Waals surface area (Å²) < 4.78 is 0. The van der Waals surface area contributed by atoms with Gasteiger partial charge < -0.3 is 20.9 Å². The topological polar surface area (TPSA) is 82.2 Å². The van der Waals surface area contributed by atoms with E-state index in [-0.39, 0.29) is 6.03 Å². The maximum atomic E-state index is 11.9. The zero-order valence-electron chi connectivity index (χ0n) is 16.7. The highest BCUT2D eigenvalue weighted by Gasteiger charge is 2.14. The summed E-state index contributed by atoms with van der Waals surface area (Å²) in [5.74, 6) is 0. The Bertz CT molecular complexity index is 739. The first-order chi connectivity index (χ1) is 13.6. The van der Waals surface area contributed by atoms with Gasteiger partial charge in [0, 0.05) is 36.9 Å². The molecule has 28 heavy (non-hydrogen) atoms. The number of carbonyl (C=O) groups excluding carboxylic acids is 1. The van der Waals surface area contributed by atoms with Crippen LogP contribution in [-0.4, -0.2) is 54.4 Å². The molecule has 0 unspecified atom stereocenters. The van der Waals surface area contributed by atoms with Gasteiger partial charge in [-0.25, -0.2) is 4.79 Å². The van der Waals surface area contributed by atoms with Crippen molar-refractivity contribution in [3.63, 3.8) is 0 Å². The summed E-state index contributed by atoms with van der Waals surface area (Å²) in [5.41, 5.74) is 1.77. The van der Waals surface area contributed by atoms with Crippen molar-refractivity contribution in [2.24, 2.45) is 0 Å². The van der Waals surface area contributed by atoms with E-state index in [9.17, 15) is 4.79 Å². The molecule has 7 nitrogen and oxygen atoms in total. The van der Waals surface area contributed by atoms with Gasteiger partial charge in [-0.3, -0.25) is 0 Å². The molecule has 1 aliphatic carbocycles. The lowest BCUT2D eigenvalue weighted by Crippen LogP contribution is -2.34. The second-order valence-electron chi connectivity index (χ2n) is 7.48. The predicted molar refractivity (Wildman–Crippen MR) is 115 cm³/mol. The monoisotopic (exact) mass is 402 g/mol. The maximum Gasteiger partial charge on any atom is 0.319 e. The minimum atomic E-state index is -0.193. The van der Waals surface area contributed by atoms with Crippen LogP contribution in [0.15, 0.2) is 24.3 Å². The molecular formula is C20H30N6OS. The highest BCUT2D eigenvalue weighted by atomic mass is 32.1. The molecule has 0 aliphatic heterocycles. The Balaban J connectivity index is 1.48. The zero-order valence-corrected chi connectivity index (χ0v) is 17.5. The highest BCUT2D eigenvalue weighted by Crippen LogP contribution is 2.25. The molecule has 1 aromatic heterocycles. The molecule has 152 valence electrons. The molecule has 1 heterocycles. The van der Waals surface area contributed by atoms with Gasteiger partial charge in [0.25, 0.3) is 0 Å². The van der Waals surface area contributed by atoms with Crippen LogP contribution in [0.3, 0.4) is 0 Å². The molecule has 3 rings (SSSR count). The van der Waals surface area contributed by atoms with E-state index in [0.29, 0.717) is 12.6 Å². The van der Waals surface area contributed by atoms with Gasteiger partial charge in [0.05, 0.1) is 0 Å². The number of aromatic nitrogens is 2. The number of rotatable bonds is 8. The number of benzene rings is 1. The number of urea groups is 1. The lowest BCUT2D eigenvalue weighted by Gasteiger charge is -2.22. The normalized spacial score (nSPS) is 15.0. The van der Waals surface area contributed by atoms with Crippen LogP contribution in [0.25, 0.3) is 10.6 Å². The molecule has 0 atom stereocenters. The molecule has 0 saturated heterocycles. The molecule has 2 aromatic rings. The van der Waals surface area contributed by atoms with Crippen molar-refractivity contribution in [2.75, 3.05) is 32.5 Å². The Labute approximate surface area is 170 Å². The molecule has 0 spiro atoms. The summed E-state index contributed by atoms with van der Waals surface area (Å²) in [4.78, 5) is 13.9. The van der Waals surface area contributed by atoms with Gasteiger partial charge in [0.1, 0.15) is 10.0 Å². The van der Waals surface area contributed by atoms with Gasteiger partial charge in [0.15, 0.2) is 0 Å². The standard InChI is InChI=1S/C20H30N6OS/c1-26(2)13-12-21-20(27)23-17-10-8-15(9-11-17)19-25-24-18(28-19)14-22-16-6-4-3-5-7-16/h8-11,16,22H,3-7,12-14H2,1-2H3,(H2,21,23,27). The van der Waals surface area contributed by atoms with Crippen LogP contribution in [0, 0.1) is 0 Å². The first kappa shape index (κ1) is 20.7. The number of hydrogen-bond acceptors (Lipinski definition) is 6. The van der Waals surface area contributed by atoms with Crippen LogP contribution in [0.2, 0.25) is 0 Å². The second kappa shape index (κ2) is 10.5. The van der Waals surface area contributed by atoms with E-state index >= 15 is 0 Å². The number of carbonyl (C=O) groups is 1. The third-order valence-electron chi connectivity index (χ3n) is 4.85. The average molecular weight is 403 g/mol. The summed E-state index contributed by atoms with van der Waals surface area (Å²) >= 11 is 1.62. The van der Waals surface area contributed by atoms with E-state index in [1.807, 2.05) is 43.3 Å². The van der Waals surface area contributed by atoms with Crippen molar-refractivity contribution < 1.29 is 4.79 Å². The highest BCUT2D eigenvalue weighted by molar-refractivity contribution is 7.14. The largest absolute Gasteiger partial charge is 0.337 e. The summed E-state index contributed by atoms with van der Waals surface area (Å²) in [6.45, 7) is 2.20. The molecule has 1 aliphatic rings. The van der Waals surface area contributed by atoms with Crippen molar-refractivity contribution in [2.45, 2.75) is 44.7 Å². The van der Waals surface area contributed by atoms with Gasteiger partial charge in [-0.2, -0.15) is 0 Å². The molecule has 1 aromatic carbocycles. The van der Waals surface area contributed by atoms with Crippen molar-refractivity contribution in [1.82, 2.24) is 25.7 Å². The molecule has 1 saturated carbocycles. The Hall–Kier alpha value is -2.03. The first-order valence-electron chi connectivity index (χ1n) is 9.96. The van der Waals surface area contributed by atoms with Crippen LogP contribution in [0.1, 0.15) is 37.1 Å². The average Bonchev–Trinajstić information content (AvgIpc) is 3.16. The Morgan fingerprint density at radius 3 is 2.61 bits per heavy atom. The zero-order chi connectivity index (χ0) is 19.8. The van der Waals surface area contributed by atoms with Crippen LogP contribution in [0.5, 0.6) is 0 Å². The lowest BCUT2D eigenvalue weighted by molar-refractivity contribution is 0.250. The number of amides is 2. The van der Waals surface area contributed by atoms with E-state index in [4.69, 9.17) is 0 Å². The van der Waals surface area contributed by atoms with E-state index in [1.165, 1.54) is 32.1 Å². The summed E-state index contributed by atoms with van der Waals surface area (Å²) in [6, 6.07) is 8.14. The first-order valence-corrected chi connectivity index (χ1v) is 10.8. The molecule has 3 N–H and O–H groups in total. The van der Waals surface area contributed by atoms with Crippen molar-refractivity contribution in [3.8, 4) is 10.6 Å². The summed E-state index contributed by atoms with van der Waals surface area (Å²) in [5, 5.41) is 19.8. The molecule has 1 fully saturated rings. The number of likely N-dealkylation sites (N-methyl/N-ethyl adjacent to an activating group) is 1. The third kappa shape index (κ3) is 6.54. The Kier molecular flexibility index (Phi) is 7.76.